The van der Waals surface area contributed by atoms with Crippen LogP contribution >= 0.6 is 15.9 Å². The number of aryl methyl sites for hydroxylation is 1. The summed E-state index contributed by atoms with van der Waals surface area (Å²) >= 11 is 3.31. The number of nitrogens with zero attached hydrogens (tertiary/aromatic N) is 2. The molecule has 0 fully saturated rings. The Hall–Kier alpha value is -1.62. The average Bonchev–Trinajstić information content (AvgIpc) is 2.68. The van der Waals surface area contributed by atoms with E-state index in [9.17, 15) is 4.79 Å². The smallest absolute Gasteiger partial charge is 0.167 e. The summed E-state index contributed by atoms with van der Waals surface area (Å²) in [4.78, 5) is 12.0. The molecule has 2 N–H and O–H groups in total. The van der Waals surface area contributed by atoms with E-state index in [1.54, 1.807) is 29.1 Å². The van der Waals surface area contributed by atoms with Gasteiger partial charge in [0.15, 0.2) is 5.78 Å². The molecule has 2 aromatic rings. The Kier molecular flexibility index (Phi) is 3.28. The van der Waals surface area contributed by atoms with Crippen molar-refractivity contribution in [3.63, 3.8) is 0 Å². The number of Topliss-reactive ketones (excluding diaryl/α,β-unsaturated/α-hetero) is 1. The van der Waals surface area contributed by atoms with Crippen LogP contribution in [0.5, 0.6) is 0 Å². The zero-order valence-corrected chi connectivity index (χ0v) is 10.9. The van der Waals surface area contributed by atoms with Crippen molar-refractivity contribution in [1.82, 2.24) is 9.78 Å². The highest BCUT2D eigenvalue weighted by Crippen LogP contribution is 2.21. The molecule has 0 aliphatic carbocycles. The average molecular weight is 294 g/mol. The van der Waals surface area contributed by atoms with E-state index in [1.165, 1.54) is 0 Å². The number of carbonyl (C=O) groups is 1. The first-order chi connectivity index (χ1) is 8.06. The van der Waals surface area contributed by atoms with Gasteiger partial charge in [0.2, 0.25) is 0 Å². The Bertz CT molecular complexity index is 563. The number of anilines is 1. The Morgan fingerprint density at radius 1 is 1.53 bits per heavy atom. The lowest BCUT2D eigenvalue weighted by Gasteiger charge is -2.02. The number of nitrogens with two attached hydrogens (primary N) is 1. The predicted molar refractivity (Wildman–Crippen MR) is 69.8 cm³/mol. The molecular formula is C12H12BrN3O. The van der Waals surface area contributed by atoms with Crippen molar-refractivity contribution >= 4 is 27.4 Å². The monoisotopic (exact) mass is 293 g/mol. The Labute approximate surface area is 108 Å². The number of rotatable bonds is 3. The van der Waals surface area contributed by atoms with Gasteiger partial charge in [-0.15, -0.1) is 0 Å². The maximum absolute atomic E-state index is 12.0. The van der Waals surface area contributed by atoms with Crippen LogP contribution in [0.15, 0.2) is 35.1 Å². The second-order valence-corrected chi connectivity index (χ2v) is 4.71. The summed E-state index contributed by atoms with van der Waals surface area (Å²) in [5, 5.41) is 4.03. The van der Waals surface area contributed by atoms with E-state index < -0.39 is 0 Å². The number of halogens is 1. The SMILES string of the molecule is Cn1cc(CC(=O)c2ccc(N)c(Br)c2)cn1. The molecule has 17 heavy (non-hydrogen) atoms. The van der Waals surface area contributed by atoms with Crippen LogP contribution in [0.3, 0.4) is 0 Å². The molecule has 4 nitrogen and oxygen atoms in total. The molecule has 0 radical (unpaired) electrons. The first-order valence-electron chi connectivity index (χ1n) is 5.12. The molecule has 5 heteroatoms. The molecule has 0 saturated heterocycles. The van der Waals surface area contributed by atoms with E-state index in [4.69, 9.17) is 5.73 Å². The van der Waals surface area contributed by atoms with E-state index in [1.807, 2.05) is 13.2 Å². The summed E-state index contributed by atoms with van der Waals surface area (Å²) < 4.78 is 2.43. The number of hydrogen-bond donors (Lipinski definition) is 1. The summed E-state index contributed by atoms with van der Waals surface area (Å²) in [5.74, 6) is 0.0544. The van der Waals surface area contributed by atoms with Crippen molar-refractivity contribution in [1.29, 1.82) is 0 Å². The molecule has 1 heterocycles. The molecule has 0 amide bonds. The van der Waals surface area contributed by atoms with Gasteiger partial charge in [0.1, 0.15) is 0 Å². The molecule has 0 bridgehead atoms. The van der Waals surface area contributed by atoms with Crippen molar-refractivity contribution in [2.75, 3.05) is 5.73 Å². The lowest BCUT2D eigenvalue weighted by Crippen LogP contribution is -2.03. The molecule has 1 aromatic heterocycles. The Balaban J connectivity index is 2.17. The fraction of sp³-hybridized carbons (Fsp3) is 0.167. The summed E-state index contributed by atoms with van der Waals surface area (Å²) in [6.07, 6.45) is 3.89. The number of nitrogen functional groups attached to an aromatic ring is 1. The molecule has 1 aromatic carbocycles. The van der Waals surface area contributed by atoms with Crippen LogP contribution in [0.4, 0.5) is 5.69 Å². The minimum absolute atomic E-state index is 0.0544. The third-order valence-electron chi connectivity index (χ3n) is 2.45. The van der Waals surface area contributed by atoms with E-state index in [0.717, 1.165) is 10.0 Å². The number of hydrogen-bond acceptors (Lipinski definition) is 3. The summed E-state index contributed by atoms with van der Waals surface area (Å²) in [5.41, 5.74) is 7.86. The fourth-order valence-electron chi connectivity index (χ4n) is 1.55. The van der Waals surface area contributed by atoms with Gasteiger partial charge in [0.25, 0.3) is 0 Å². The first-order valence-corrected chi connectivity index (χ1v) is 5.91. The van der Waals surface area contributed by atoms with Gasteiger partial charge in [-0.1, -0.05) is 0 Å². The van der Waals surface area contributed by atoms with Crippen LogP contribution in [-0.2, 0) is 13.5 Å². The standard InChI is InChI=1S/C12H12BrN3O/c1-16-7-8(6-15-16)4-12(17)9-2-3-11(14)10(13)5-9/h2-3,5-7H,4,14H2,1H3. The predicted octanol–water partition coefficient (Wildman–Crippen LogP) is 2.19. The summed E-state index contributed by atoms with van der Waals surface area (Å²) in [7, 11) is 1.83. The van der Waals surface area contributed by atoms with Crippen LogP contribution < -0.4 is 5.73 Å². The molecule has 0 aliphatic rings. The third kappa shape index (κ3) is 2.74. The molecule has 88 valence electrons. The number of benzene rings is 1. The lowest BCUT2D eigenvalue weighted by atomic mass is 10.1. The van der Waals surface area contributed by atoms with Gasteiger partial charge in [-0.25, -0.2) is 0 Å². The quantitative estimate of drug-likeness (QED) is 0.697. The molecule has 0 saturated carbocycles. The lowest BCUT2D eigenvalue weighted by molar-refractivity contribution is 0.0993. The minimum atomic E-state index is 0.0544. The molecule has 0 aliphatic heterocycles. The van der Waals surface area contributed by atoms with Crippen molar-refractivity contribution in [3.8, 4) is 0 Å². The van der Waals surface area contributed by atoms with E-state index >= 15 is 0 Å². The third-order valence-corrected chi connectivity index (χ3v) is 3.13. The Morgan fingerprint density at radius 3 is 2.88 bits per heavy atom. The first kappa shape index (κ1) is 11.9. The van der Waals surface area contributed by atoms with Crippen molar-refractivity contribution in [3.05, 3.63) is 46.2 Å². The number of aromatic nitrogens is 2. The van der Waals surface area contributed by atoms with Gasteiger partial charge in [-0.2, -0.15) is 5.10 Å². The van der Waals surface area contributed by atoms with E-state index in [0.29, 0.717) is 17.7 Å². The maximum atomic E-state index is 12.0. The fourth-order valence-corrected chi connectivity index (χ4v) is 1.93. The minimum Gasteiger partial charge on any atom is -0.398 e. The largest absolute Gasteiger partial charge is 0.398 e. The van der Waals surface area contributed by atoms with Crippen LogP contribution in [0.2, 0.25) is 0 Å². The molecule has 0 unspecified atom stereocenters. The highest BCUT2D eigenvalue weighted by Gasteiger charge is 2.09. The van der Waals surface area contributed by atoms with Crippen molar-refractivity contribution in [2.24, 2.45) is 7.05 Å². The van der Waals surface area contributed by atoms with Gasteiger partial charge < -0.3 is 5.73 Å². The van der Waals surface area contributed by atoms with Crippen LogP contribution in [-0.4, -0.2) is 15.6 Å². The maximum Gasteiger partial charge on any atom is 0.167 e. The Morgan fingerprint density at radius 2 is 2.29 bits per heavy atom. The van der Waals surface area contributed by atoms with Gasteiger partial charge in [-0.3, -0.25) is 9.48 Å². The van der Waals surface area contributed by atoms with Crippen molar-refractivity contribution in [2.45, 2.75) is 6.42 Å². The molecule has 0 spiro atoms. The molecule has 2 rings (SSSR count). The zero-order valence-electron chi connectivity index (χ0n) is 9.35. The van der Waals surface area contributed by atoms with Gasteiger partial charge in [0.05, 0.1) is 6.20 Å². The van der Waals surface area contributed by atoms with E-state index in [-0.39, 0.29) is 5.78 Å². The van der Waals surface area contributed by atoms with Crippen LogP contribution in [0, 0.1) is 0 Å². The van der Waals surface area contributed by atoms with Gasteiger partial charge in [0, 0.05) is 35.4 Å². The van der Waals surface area contributed by atoms with Crippen LogP contribution in [0.25, 0.3) is 0 Å². The second kappa shape index (κ2) is 4.71. The van der Waals surface area contributed by atoms with E-state index in [2.05, 4.69) is 21.0 Å². The number of carbonyl (C=O) groups excluding carboxylic acids is 1. The topological polar surface area (TPSA) is 60.9 Å². The molecular weight excluding hydrogens is 282 g/mol. The highest BCUT2D eigenvalue weighted by atomic mass is 79.9. The zero-order chi connectivity index (χ0) is 12.4. The highest BCUT2D eigenvalue weighted by molar-refractivity contribution is 9.10. The van der Waals surface area contributed by atoms with Crippen LogP contribution in [0.1, 0.15) is 15.9 Å². The summed E-state index contributed by atoms with van der Waals surface area (Å²) in [6.45, 7) is 0. The summed E-state index contributed by atoms with van der Waals surface area (Å²) in [6, 6.07) is 5.20. The van der Waals surface area contributed by atoms with Gasteiger partial charge in [-0.05, 0) is 39.7 Å². The number of ketones is 1. The second-order valence-electron chi connectivity index (χ2n) is 3.86. The van der Waals surface area contributed by atoms with Crippen molar-refractivity contribution < 1.29 is 4.79 Å². The molecule has 0 atom stereocenters. The van der Waals surface area contributed by atoms with Gasteiger partial charge >= 0.3 is 0 Å². The normalized spacial score (nSPS) is 10.5.